The van der Waals surface area contributed by atoms with Gasteiger partial charge in [0.15, 0.2) is 0 Å². The van der Waals surface area contributed by atoms with Gasteiger partial charge in [-0.25, -0.2) is 0 Å². The maximum absolute atomic E-state index is 11.9. The summed E-state index contributed by atoms with van der Waals surface area (Å²) in [5.74, 6) is 1.59. The third-order valence-electron chi connectivity index (χ3n) is 13.3. The average molecular weight is 477 g/mol. The van der Waals surface area contributed by atoms with Gasteiger partial charge in [0.25, 0.3) is 0 Å². The van der Waals surface area contributed by atoms with E-state index in [1.807, 2.05) is 13.8 Å². The van der Waals surface area contributed by atoms with Crippen LogP contribution in [0.4, 0.5) is 0 Å². The Bertz CT molecular complexity index is 817. The van der Waals surface area contributed by atoms with Gasteiger partial charge in [-0.2, -0.15) is 0 Å². The van der Waals surface area contributed by atoms with E-state index in [9.17, 15) is 15.3 Å². The fourth-order valence-corrected chi connectivity index (χ4v) is 11.1. The summed E-state index contributed by atoms with van der Waals surface area (Å²) in [6.45, 7) is 18.1. The SMILES string of the molecule is CC(C)(O)[C@@H]1CC[C@@](C)([C@H]2CC[C@@]3(C)[C@H]2[C@H](O)C[C@@H]2[C@@]4(C)CC[C@H](O)C(C)(C)C4CC[C@]23C)O1. The molecular formula is C30H52O4. The van der Waals surface area contributed by atoms with Crippen LogP contribution in [0.3, 0.4) is 0 Å². The highest BCUT2D eigenvalue weighted by Crippen LogP contribution is 2.76. The molecule has 0 aromatic rings. The van der Waals surface area contributed by atoms with Crippen molar-refractivity contribution in [2.75, 3.05) is 0 Å². The second-order valence-electron chi connectivity index (χ2n) is 15.4. The third kappa shape index (κ3) is 3.16. The summed E-state index contributed by atoms with van der Waals surface area (Å²) < 4.78 is 6.66. The molecule has 11 atom stereocenters. The van der Waals surface area contributed by atoms with Crippen LogP contribution in [0.5, 0.6) is 0 Å². The number of hydrogen-bond donors (Lipinski definition) is 3. The smallest absolute Gasteiger partial charge is 0.0865 e. The quantitative estimate of drug-likeness (QED) is 0.477. The number of fused-ring (bicyclic) bond motifs is 5. The average Bonchev–Trinajstić information content (AvgIpc) is 3.30. The Morgan fingerprint density at radius 1 is 0.765 bits per heavy atom. The Morgan fingerprint density at radius 3 is 2.03 bits per heavy atom. The van der Waals surface area contributed by atoms with E-state index in [0.717, 1.165) is 44.9 Å². The second-order valence-corrected chi connectivity index (χ2v) is 15.4. The lowest BCUT2D eigenvalue weighted by Gasteiger charge is -2.70. The van der Waals surface area contributed by atoms with Crippen LogP contribution >= 0.6 is 0 Å². The van der Waals surface area contributed by atoms with Crippen molar-refractivity contribution in [3.8, 4) is 0 Å². The molecule has 4 saturated carbocycles. The molecule has 0 spiro atoms. The lowest BCUT2D eigenvalue weighted by Crippen LogP contribution is -2.66. The lowest BCUT2D eigenvalue weighted by molar-refractivity contribution is -0.248. The zero-order valence-electron chi connectivity index (χ0n) is 23.2. The fourth-order valence-electron chi connectivity index (χ4n) is 11.1. The number of aliphatic hydroxyl groups is 3. The fraction of sp³-hybridized carbons (Fsp3) is 1.00. The first kappa shape index (κ1) is 25.5. The highest BCUT2D eigenvalue weighted by Gasteiger charge is 2.71. The number of hydrogen-bond acceptors (Lipinski definition) is 4. The van der Waals surface area contributed by atoms with Gasteiger partial charge in [0.2, 0.25) is 0 Å². The van der Waals surface area contributed by atoms with Crippen molar-refractivity contribution in [1.29, 1.82) is 0 Å². The van der Waals surface area contributed by atoms with E-state index in [4.69, 9.17) is 4.74 Å². The standard InChI is InChI=1S/C30H52O4/c1-25(2)20-10-15-28(6)21(27(20,5)13-11-22(25)32)17-19(31)24-18(9-14-29(24,28)7)30(8)16-12-23(34-30)26(3,4)33/h18-24,31-33H,9-17H2,1-8H3/t18-,19+,20?,21+,22-,23-,24+,27-,28+,29-,30-/m0/s1. The molecule has 3 N–H and O–H groups in total. The maximum Gasteiger partial charge on any atom is 0.0865 e. The summed E-state index contributed by atoms with van der Waals surface area (Å²) in [5, 5.41) is 33.4. The van der Waals surface area contributed by atoms with E-state index in [1.54, 1.807) is 0 Å². The molecule has 1 heterocycles. The van der Waals surface area contributed by atoms with Crippen molar-refractivity contribution < 1.29 is 20.1 Å². The van der Waals surface area contributed by atoms with Gasteiger partial charge in [-0.3, -0.25) is 0 Å². The first-order valence-corrected chi connectivity index (χ1v) is 14.3. The Kier molecular flexibility index (Phi) is 5.59. The minimum Gasteiger partial charge on any atom is -0.393 e. The van der Waals surface area contributed by atoms with Crippen LogP contribution < -0.4 is 0 Å². The first-order valence-electron chi connectivity index (χ1n) is 14.3. The van der Waals surface area contributed by atoms with Gasteiger partial charge in [-0.05, 0) is 124 Å². The molecule has 196 valence electrons. The third-order valence-corrected chi connectivity index (χ3v) is 13.3. The number of aliphatic hydroxyl groups excluding tert-OH is 2. The summed E-state index contributed by atoms with van der Waals surface area (Å²) in [4.78, 5) is 0. The van der Waals surface area contributed by atoms with E-state index in [0.29, 0.717) is 17.8 Å². The molecule has 0 aromatic carbocycles. The van der Waals surface area contributed by atoms with Crippen LogP contribution in [-0.2, 0) is 4.74 Å². The zero-order chi connectivity index (χ0) is 25.1. The van der Waals surface area contributed by atoms with Gasteiger partial charge in [0, 0.05) is 0 Å². The van der Waals surface area contributed by atoms with Crippen LogP contribution in [0.25, 0.3) is 0 Å². The summed E-state index contributed by atoms with van der Waals surface area (Å²) >= 11 is 0. The van der Waals surface area contributed by atoms with Gasteiger partial charge in [-0.1, -0.05) is 34.6 Å². The highest BCUT2D eigenvalue weighted by atomic mass is 16.5. The molecule has 1 unspecified atom stereocenters. The Labute approximate surface area is 208 Å². The summed E-state index contributed by atoms with van der Waals surface area (Å²) in [7, 11) is 0. The van der Waals surface area contributed by atoms with Gasteiger partial charge < -0.3 is 20.1 Å². The van der Waals surface area contributed by atoms with Crippen molar-refractivity contribution in [1.82, 2.24) is 0 Å². The van der Waals surface area contributed by atoms with Crippen LogP contribution in [0.15, 0.2) is 0 Å². The molecular weight excluding hydrogens is 424 g/mol. The van der Waals surface area contributed by atoms with Crippen molar-refractivity contribution in [3.63, 3.8) is 0 Å². The largest absolute Gasteiger partial charge is 0.393 e. The zero-order valence-corrected chi connectivity index (χ0v) is 23.2. The molecule has 4 nitrogen and oxygen atoms in total. The van der Waals surface area contributed by atoms with Crippen molar-refractivity contribution in [2.45, 2.75) is 143 Å². The molecule has 1 saturated heterocycles. The predicted molar refractivity (Wildman–Crippen MR) is 135 cm³/mol. The van der Waals surface area contributed by atoms with Crippen molar-refractivity contribution in [3.05, 3.63) is 0 Å². The molecule has 0 aromatic heterocycles. The molecule has 34 heavy (non-hydrogen) atoms. The van der Waals surface area contributed by atoms with Crippen LogP contribution in [-0.4, -0.2) is 44.8 Å². The minimum atomic E-state index is -0.826. The van der Waals surface area contributed by atoms with E-state index in [1.165, 1.54) is 12.8 Å². The van der Waals surface area contributed by atoms with E-state index in [-0.39, 0.29) is 51.5 Å². The monoisotopic (exact) mass is 476 g/mol. The predicted octanol–water partition coefficient (Wildman–Crippen LogP) is 5.71. The van der Waals surface area contributed by atoms with Crippen LogP contribution in [0, 0.1) is 45.3 Å². The van der Waals surface area contributed by atoms with Crippen molar-refractivity contribution in [2.24, 2.45) is 45.3 Å². The summed E-state index contributed by atoms with van der Waals surface area (Å²) in [5.41, 5.74) is -0.703. The minimum absolute atomic E-state index is 0.0630. The molecule has 0 radical (unpaired) electrons. The molecule has 0 amide bonds. The van der Waals surface area contributed by atoms with Gasteiger partial charge in [-0.15, -0.1) is 0 Å². The number of ether oxygens (including phenoxy) is 1. The van der Waals surface area contributed by atoms with Crippen LogP contribution in [0.1, 0.15) is 113 Å². The normalized spacial score (nSPS) is 57.1. The molecule has 0 bridgehead atoms. The molecule has 5 fully saturated rings. The van der Waals surface area contributed by atoms with E-state index >= 15 is 0 Å². The van der Waals surface area contributed by atoms with E-state index in [2.05, 4.69) is 41.5 Å². The maximum atomic E-state index is 11.9. The topological polar surface area (TPSA) is 69.9 Å². The van der Waals surface area contributed by atoms with Gasteiger partial charge in [0.05, 0.1) is 29.5 Å². The summed E-state index contributed by atoms with van der Waals surface area (Å²) in [6, 6.07) is 0. The highest BCUT2D eigenvalue weighted by molar-refractivity contribution is 5.20. The van der Waals surface area contributed by atoms with Crippen molar-refractivity contribution >= 4 is 0 Å². The molecule has 1 aliphatic heterocycles. The lowest BCUT2D eigenvalue weighted by atomic mass is 9.35. The first-order chi connectivity index (χ1) is 15.5. The van der Waals surface area contributed by atoms with Crippen LogP contribution in [0.2, 0.25) is 0 Å². The van der Waals surface area contributed by atoms with Gasteiger partial charge in [0.1, 0.15) is 0 Å². The van der Waals surface area contributed by atoms with E-state index < -0.39 is 5.60 Å². The Morgan fingerprint density at radius 2 is 1.41 bits per heavy atom. The molecule has 4 aliphatic carbocycles. The van der Waals surface area contributed by atoms with Gasteiger partial charge >= 0.3 is 0 Å². The Balaban J connectivity index is 1.48. The number of rotatable bonds is 2. The molecule has 5 aliphatic rings. The summed E-state index contributed by atoms with van der Waals surface area (Å²) in [6.07, 6.45) is 8.72. The molecule has 4 heteroatoms. The Hall–Kier alpha value is -0.160. The second kappa shape index (κ2) is 7.45. The molecule has 5 rings (SSSR count).